The molecule has 3 rings (SSSR count). The Labute approximate surface area is 150 Å². The first-order chi connectivity index (χ1) is 12.1. The summed E-state index contributed by atoms with van der Waals surface area (Å²) in [6.45, 7) is 3.84. The highest BCUT2D eigenvalue weighted by atomic mass is 32.1. The van der Waals surface area contributed by atoms with Crippen molar-refractivity contribution in [2.24, 2.45) is 0 Å². The Hall–Kier alpha value is -3.12. The Kier molecular flexibility index (Phi) is 4.81. The highest BCUT2D eigenvalue weighted by molar-refractivity contribution is 7.80. The van der Waals surface area contributed by atoms with E-state index in [0.717, 1.165) is 11.1 Å². The van der Waals surface area contributed by atoms with E-state index in [4.69, 9.17) is 12.2 Å². The molecule has 1 aromatic heterocycles. The summed E-state index contributed by atoms with van der Waals surface area (Å²) >= 11 is 5.05. The van der Waals surface area contributed by atoms with Gasteiger partial charge in [0.25, 0.3) is 11.8 Å². The van der Waals surface area contributed by atoms with Gasteiger partial charge in [0.05, 0.1) is 0 Å². The number of hydrogen-bond donors (Lipinski definition) is 1. The van der Waals surface area contributed by atoms with Crippen molar-refractivity contribution in [1.82, 2.24) is 15.2 Å². The van der Waals surface area contributed by atoms with Crippen LogP contribution in [0.3, 0.4) is 0 Å². The second kappa shape index (κ2) is 7.19. The largest absolute Gasteiger partial charge is 0.298 e. The number of benzene rings is 1. The molecule has 6 heteroatoms. The van der Waals surface area contributed by atoms with Crippen LogP contribution in [-0.2, 0) is 9.59 Å². The Morgan fingerprint density at radius 1 is 1.20 bits per heavy atom. The fraction of sp³-hybridized carbons (Fsp3) is 0.0526. The van der Waals surface area contributed by atoms with Crippen LogP contribution in [0, 0.1) is 0 Å². The molecular formula is C19H15N3O2S. The summed E-state index contributed by atoms with van der Waals surface area (Å²) in [6, 6.07) is 11.5. The lowest BCUT2D eigenvalue weighted by Crippen LogP contribution is -2.53. The van der Waals surface area contributed by atoms with Crippen molar-refractivity contribution in [3.05, 3.63) is 72.6 Å². The molecule has 0 atom stereocenters. The van der Waals surface area contributed by atoms with E-state index < -0.39 is 11.8 Å². The minimum atomic E-state index is -0.516. The maximum absolute atomic E-state index is 12.6. The van der Waals surface area contributed by atoms with Crippen molar-refractivity contribution in [2.45, 2.75) is 0 Å². The maximum atomic E-state index is 12.6. The van der Waals surface area contributed by atoms with E-state index in [1.165, 1.54) is 4.90 Å². The van der Waals surface area contributed by atoms with Crippen molar-refractivity contribution in [2.75, 3.05) is 6.54 Å². The number of nitrogens with zero attached hydrogens (tertiary/aromatic N) is 2. The Bertz CT molecular complexity index is 891. The molecule has 124 valence electrons. The van der Waals surface area contributed by atoms with Crippen LogP contribution in [0.4, 0.5) is 0 Å². The van der Waals surface area contributed by atoms with E-state index in [9.17, 15) is 9.59 Å². The number of pyridine rings is 1. The minimum Gasteiger partial charge on any atom is -0.298 e. The molecule has 1 aromatic carbocycles. The topological polar surface area (TPSA) is 62.3 Å². The van der Waals surface area contributed by atoms with Crippen LogP contribution >= 0.6 is 12.2 Å². The molecule has 1 fully saturated rings. The summed E-state index contributed by atoms with van der Waals surface area (Å²) in [5.74, 6) is -0.963. The van der Waals surface area contributed by atoms with E-state index in [0.29, 0.717) is 5.56 Å². The van der Waals surface area contributed by atoms with Gasteiger partial charge in [-0.2, -0.15) is 0 Å². The predicted molar refractivity (Wildman–Crippen MR) is 100 cm³/mol. The SMILES string of the molecule is C=CCN1C(=O)C(=Cc2cnccc2-c2ccccc2)C(=O)NC1=S. The molecule has 25 heavy (non-hydrogen) atoms. The van der Waals surface area contributed by atoms with E-state index in [2.05, 4.69) is 16.9 Å². The van der Waals surface area contributed by atoms with Crippen LogP contribution in [0.1, 0.15) is 5.56 Å². The average Bonchev–Trinajstić information content (AvgIpc) is 2.63. The number of carbonyl (C=O) groups excluding carboxylic acids is 2. The molecule has 1 saturated heterocycles. The molecule has 0 bridgehead atoms. The Balaban J connectivity index is 2.06. The quantitative estimate of drug-likeness (QED) is 0.399. The van der Waals surface area contributed by atoms with Crippen LogP contribution in [0.5, 0.6) is 0 Å². The number of thiocarbonyl (C=S) groups is 1. The lowest BCUT2D eigenvalue weighted by Gasteiger charge is -2.27. The third-order valence-corrected chi connectivity index (χ3v) is 4.06. The molecule has 0 saturated carbocycles. The van der Waals surface area contributed by atoms with Gasteiger partial charge in [-0.25, -0.2) is 0 Å². The van der Waals surface area contributed by atoms with Gasteiger partial charge in [-0.15, -0.1) is 6.58 Å². The van der Waals surface area contributed by atoms with E-state index in [1.807, 2.05) is 36.4 Å². The fourth-order valence-corrected chi connectivity index (χ4v) is 2.80. The monoisotopic (exact) mass is 349 g/mol. The number of amides is 2. The normalized spacial score (nSPS) is 16.1. The molecule has 0 aliphatic carbocycles. The van der Waals surface area contributed by atoms with Crippen molar-refractivity contribution in [3.63, 3.8) is 0 Å². The van der Waals surface area contributed by atoms with Crippen molar-refractivity contribution in [1.29, 1.82) is 0 Å². The van der Waals surface area contributed by atoms with Crippen molar-refractivity contribution in [3.8, 4) is 11.1 Å². The number of hydrogen-bond acceptors (Lipinski definition) is 4. The molecule has 1 N–H and O–H groups in total. The van der Waals surface area contributed by atoms with E-state index in [1.54, 1.807) is 24.5 Å². The Morgan fingerprint density at radius 3 is 2.68 bits per heavy atom. The zero-order valence-electron chi connectivity index (χ0n) is 13.3. The number of carbonyl (C=O) groups is 2. The molecular weight excluding hydrogens is 334 g/mol. The number of aromatic nitrogens is 1. The van der Waals surface area contributed by atoms with Crippen molar-refractivity contribution >= 4 is 35.2 Å². The minimum absolute atomic E-state index is 0.0145. The molecule has 1 aliphatic heterocycles. The van der Waals surface area contributed by atoms with Gasteiger partial charge < -0.3 is 0 Å². The highest BCUT2D eigenvalue weighted by Crippen LogP contribution is 2.25. The van der Waals surface area contributed by atoms with Gasteiger partial charge >= 0.3 is 0 Å². The van der Waals surface area contributed by atoms with Crippen LogP contribution in [-0.4, -0.2) is 33.4 Å². The van der Waals surface area contributed by atoms with Crippen LogP contribution in [0.2, 0.25) is 0 Å². The van der Waals surface area contributed by atoms with Gasteiger partial charge in [0.2, 0.25) is 0 Å². The van der Waals surface area contributed by atoms with Gasteiger partial charge in [0.15, 0.2) is 5.11 Å². The van der Waals surface area contributed by atoms with E-state index >= 15 is 0 Å². The molecule has 1 aliphatic rings. The summed E-state index contributed by atoms with van der Waals surface area (Å²) in [6.07, 6.45) is 6.40. The van der Waals surface area contributed by atoms with Gasteiger partial charge in [-0.05, 0) is 35.5 Å². The lowest BCUT2D eigenvalue weighted by molar-refractivity contribution is -0.128. The molecule has 5 nitrogen and oxygen atoms in total. The van der Waals surface area contributed by atoms with E-state index in [-0.39, 0.29) is 17.2 Å². The van der Waals surface area contributed by atoms with Crippen LogP contribution in [0.25, 0.3) is 17.2 Å². The highest BCUT2D eigenvalue weighted by Gasteiger charge is 2.32. The van der Waals surface area contributed by atoms with Gasteiger partial charge in [-0.1, -0.05) is 36.4 Å². The predicted octanol–water partition coefficient (Wildman–Crippen LogP) is 2.56. The fourth-order valence-electron chi connectivity index (χ4n) is 2.55. The first-order valence-corrected chi connectivity index (χ1v) is 8.02. The number of nitrogens with one attached hydrogen (secondary N) is 1. The average molecular weight is 349 g/mol. The number of rotatable bonds is 4. The molecule has 0 unspecified atom stereocenters. The van der Waals surface area contributed by atoms with Crippen LogP contribution < -0.4 is 5.32 Å². The Morgan fingerprint density at radius 2 is 1.96 bits per heavy atom. The maximum Gasteiger partial charge on any atom is 0.265 e. The van der Waals surface area contributed by atoms with Gasteiger partial charge in [0, 0.05) is 24.5 Å². The summed E-state index contributed by atoms with van der Waals surface area (Å²) in [5, 5.41) is 2.62. The van der Waals surface area contributed by atoms with Crippen LogP contribution in [0.15, 0.2) is 67.0 Å². The zero-order valence-corrected chi connectivity index (χ0v) is 14.1. The molecule has 0 spiro atoms. The van der Waals surface area contributed by atoms with Gasteiger partial charge in [0.1, 0.15) is 5.57 Å². The zero-order chi connectivity index (χ0) is 17.8. The molecule has 2 aromatic rings. The second-order valence-corrected chi connectivity index (χ2v) is 5.74. The van der Waals surface area contributed by atoms with Crippen molar-refractivity contribution < 1.29 is 9.59 Å². The lowest BCUT2D eigenvalue weighted by atomic mass is 9.99. The summed E-state index contributed by atoms with van der Waals surface area (Å²) in [4.78, 5) is 30.3. The summed E-state index contributed by atoms with van der Waals surface area (Å²) < 4.78 is 0. The van der Waals surface area contributed by atoms with Gasteiger partial charge in [-0.3, -0.25) is 24.8 Å². The molecule has 0 radical (unpaired) electrons. The third kappa shape index (κ3) is 3.39. The first kappa shape index (κ1) is 16.7. The summed E-state index contributed by atoms with van der Waals surface area (Å²) in [7, 11) is 0. The smallest absolute Gasteiger partial charge is 0.265 e. The first-order valence-electron chi connectivity index (χ1n) is 7.61. The summed E-state index contributed by atoms with van der Waals surface area (Å²) in [5.41, 5.74) is 2.55. The standard InChI is InChI=1S/C19H15N3O2S/c1-2-10-22-18(24)16(17(23)21-19(22)25)11-14-12-20-9-8-15(14)13-6-4-3-5-7-13/h2-9,11-12H,1,10H2,(H,21,23,25). The third-order valence-electron chi connectivity index (χ3n) is 3.73. The molecule has 2 heterocycles. The second-order valence-electron chi connectivity index (χ2n) is 5.35. The molecule has 2 amide bonds.